The highest BCUT2D eigenvalue weighted by Gasteiger charge is 2.09. The van der Waals surface area contributed by atoms with Crippen molar-refractivity contribution in [3.05, 3.63) is 59.7 Å². The van der Waals surface area contributed by atoms with Crippen LogP contribution in [0.5, 0.6) is 5.75 Å². The number of ether oxygens (including phenoxy) is 2. The third-order valence-corrected chi connectivity index (χ3v) is 3.12. The molecule has 0 aromatic heterocycles. The summed E-state index contributed by atoms with van der Waals surface area (Å²) in [6.07, 6.45) is 0. The fraction of sp³-hybridized carbons (Fsp3) is 0.222. The Morgan fingerprint density at radius 1 is 1.00 bits per heavy atom. The van der Waals surface area contributed by atoms with E-state index in [2.05, 4.69) is 5.32 Å². The van der Waals surface area contributed by atoms with Gasteiger partial charge in [0, 0.05) is 5.69 Å². The molecule has 0 aliphatic carbocycles. The maximum Gasteiger partial charge on any atom is 0.344 e. The number of hydrogen-bond donors (Lipinski definition) is 1. The summed E-state index contributed by atoms with van der Waals surface area (Å²) in [5.41, 5.74) is 2.78. The molecule has 0 radical (unpaired) electrons. The van der Waals surface area contributed by atoms with Gasteiger partial charge in [0.1, 0.15) is 5.75 Å². The van der Waals surface area contributed by atoms with Crippen LogP contribution in [0, 0.1) is 13.8 Å². The van der Waals surface area contributed by atoms with Gasteiger partial charge in [-0.15, -0.1) is 0 Å². The minimum absolute atomic E-state index is 0.235. The van der Waals surface area contributed by atoms with E-state index in [1.807, 2.05) is 38.1 Å². The molecule has 0 fully saturated rings. The molecule has 0 atom stereocenters. The van der Waals surface area contributed by atoms with Crippen molar-refractivity contribution in [3.8, 4) is 5.75 Å². The fourth-order valence-corrected chi connectivity index (χ4v) is 1.99. The first-order chi connectivity index (χ1) is 11.0. The smallest absolute Gasteiger partial charge is 0.344 e. The van der Waals surface area contributed by atoms with Gasteiger partial charge in [0.25, 0.3) is 5.91 Å². The van der Waals surface area contributed by atoms with Crippen LogP contribution in [0.4, 0.5) is 5.69 Å². The molecular formula is C18H19NO4. The molecule has 0 aliphatic rings. The molecule has 2 rings (SSSR count). The minimum Gasteiger partial charge on any atom is -0.482 e. The number of amides is 1. The molecule has 120 valence electrons. The lowest BCUT2D eigenvalue weighted by Gasteiger charge is -2.10. The number of carbonyl (C=O) groups excluding carboxylic acids is 2. The van der Waals surface area contributed by atoms with Crippen molar-refractivity contribution in [1.29, 1.82) is 0 Å². The Balaban J connectivity index is 1.74. The van der Waals surface area contributed by atoms with Gasteiger partial charge in [0.15, 0.2) is 13.2 Å². The number of esters is 1. The molecule has 2 aromatic rings. The number of hydrogen-bond acceptors (Lipinski definition) is 4. The van der Waals surface area contributed by atoms with Crippen LogP contribution in [0.25, 0.3) is 0 Å². The van der Waals surface area contributed by atoms with Crippen molar-refractivity contribution in [2.75, 3.05) is 18.5 Å². The fourth-order valence-electron chi connectivity index (χ4n) is 1.99. The molecule has 2 aromatic carbocycles. The molecule has 1 amide bonds. The standard InChI is InChI=1S/C18H19NO4/c1-13-8-9-16(14(2)10-13)19-17(20)11-23-18(21)12-22-15-6-4-3-5-7-15/h3-10H,11-12H2,1-2H3,(H,19,20). The summed E-state index contributed by atoms with van der Waals surface area (Å²) in [6.45, 7) is 3.31. The van der Waals surface area contributed by atoms with Crippen molar-refractivity contribution >= 4 is 17.6 Å². The number of anilines is 1. The maximum absolute atomic E-state index is 11.8. The second-order valence-electron chi connectivity index (χ2n) is 5.13. The molecule has 0 heterocycles. The average molecular weight is 313 g/mol. The van der Waals surface area contributed by atoms with Gasteiger partial charge in [-0.3, -0.25) is 4.79 Å². The molecule has 0 saturated carbocycles. The van der Waals surface area contributed by atoms with Gasteiger partial charge >= 0.3 is 5.97 Å². The summed E-state index contributed by atoms with van der Waals surface area (Å²) in [7, 11) is 0. The zero-order chi connectivity index (χ0) is 16.7. The summed E-state index contributed by atoms with van der Waals surface area (Å²) >= 11 is 0. The predicted molar refractivity (Wildman–Crippen MR) is 87.4 cm³/mol. The molecule has 1 N–H and O–H groups in total. The number of para-hydroxylation sites is 1. The SMILES string of the molecule is Cc1ccc(NC(=O)COC(=O)COc2ccccc2)c(C)c1. The molecule has 0 saturated heterocycles. The molecule has 0 bridgehead atoms. The highest BCUT2D eigenvalue weighted by atomic mass is 16.6. The highest BCUT2D eigenvalue weighted by molar-refractivity contribution is 5.93. The Hall–Kier alpha value is -2.82. The van der Waals surface area contributed by atoms with E-state index in [1.165, 1.54) is 0 Å². The van der Waals surface area contributed by atoms with Crippen LogP contribution in [-0.2, 0) is 14.3 Å². The summed E-state index contributed by atoms with van der Waals surface area (Å²) in [5.74, 6) is -0.404. The lowest BCUT2D eigenvalue weighted by molar-refractivity contribution is -0.149. The van der Waals surface area contributed by atoms with E-state index in [4.69, 9.17) is 9.47 Å². The third-order valence-electron chi connectivity index (χ3n) is 3.12. The van der Waals surface area contributed by atoms with Crippen LogP contribution in [0.15, 0.2) is 48.5 Å². The van der Waals surface area contributed by atoms with E-state index >= 15 is 0 Å². The zero-order valence-electron chi connectivity index (χ0n) is 13.2. The normalized spacial score (nSPS) is 10.0. The topological polar surface area (TPSA) is 64.6 Å². The minimum atomic E-state index is -0.593. The van der Waals surface area contributed by atoms with Gasteiger partial charge in [-0.2, -0.15) is 0 Å². The number of nitrogens with one attached hydrogen (secondary N) is 1. The molecule has 5 nitrogen and oxygen atoms in total. The van der Waals surface area contributed by atoms with Crippen LogP contribution >= 0.6 is 0 Å². The first kappa shape index (κ1) is 16.5. The molecule has 0 unspecified atom stereocenters. The van der Waals surface area contributed by atoms with E-state index in [0.29, 0.717) is 11.4 Å². The highest BCUT2D eigenvalue weighted by Crippen LogP contribution is 2.15. The summed E-state index contributed by atoms with van der Waals surface area (Å²) in [4.78, 5) is 23.4. The largest absolute Gasteiger partial charge is 0.482 e. The Morgan fingerprint density at radius 3 is 2.43 bits per heavy atom. The molecular weight excluding hydrogens is 294 g/mol. The number of rotatable bonds is 6. The van der Waals surface area contributed by atoms with Crippen molar-refractivity contribution in [2.45, 2.75) is 13.8 Å². The van der Waals surface area contributed by atoms with E-state index in [0.717, 1.165) is 11.1 Å². The van der Waals surface area contributed by atoms with Crippen molar-refractivity contribution in [3.63, 3.8) is 0 Å². The van der Waals surface area contributed by atoms with E-state index in [9.17, 15) is 9.59 Å². The molecule has 5 heteroatoms. The van der Waals surface area contributed by atoms with Crippen LogP contribution in [-0.4, -0.2) is 25.1 Å². The van der Waals surface area contributed by atoms with Gasteiger partial charge in [0.2, 0.25) is 0 Å². The summed E-state index contributed by atoms with van der Waals surface area (Å²) in [6, 6.07) is 14.6. The van der Waals surface area contributed by atoms with Crippen molar-refractivity contribution in [1.82, 2.24) is 0 Å². The summed E-state index contributed by atoms with van der Waals surface area (Å²) in [5, 5.41) is 2.71. The molecule has 0 spiro atoms. The maximum atomic E-state index is 11.8. The Morgan fingerprint density at radius 2 is 1.74 bits per heavy atom. The van der Waals surface area contributed by atoms with E-state index < -0.39 is 5.97 Å². The second kappa shape index (κ2) is 7.98. The number of benzene rings is 2. The quantitative estimate of drug-likeness (QED) is 0.833. The lowest BCUT2D eigenvalue weighted by Crippen LogP contribution is -2.24. The Kier molecular flexibility index (Phi) is 5.74. The van der Waals surface area contributed by atoms with Crippen molar-refractivity contribution < 1.29 is 19.1 Å². The van der Waals surface area contributed by atoms with Gasteiger partial charge in [-0.25, -0.2) is 4.79 Å². The van der Waals surface area contributed by atoms with E-state index in [-0.39, 0.29) is 19.1 Å². The first-order valence-electron chi connectivity index (χ1n) is 7.25. The van der Waals surface area contributed by atoms with Gasteiger partial charge < -0.3 is 14.8 Å². The van der Waals surface area contributed by atoms with Gasteiger partial charge in [0.05, 0.1) is 0 Å². The monoisotopic (exact) mass is 313 g/mol. The van der Waals surface area contributed by atoms with Crippen LogP contribution < -0.4 is 10.1 Å². The van der Waals surface area contributed by atoms with Gasteiger partial charge in [-0.1, -0.05) is 35.9 Å². The van der Waals surface area contributed by atoms with Gasteiger partial charge in [-0.05, 0) is 37.6 Å². The van der Waals surface area contributed by atoms with Crippen LogP contribution in [0.2, 0.25) is 0 Å². The first-order valence-corrected chi connectivity index (χ1v) is 7.25. The third kappa shape index (κ3) is 5.47. The molecule has 0 aliphatic heterocycles. The Bertz CT molecular complexity index is 683. The van der Waals surface area contributed by atoms with Crippen LogP contribution in [0.3, 0.4) is 0 Å². The zero-order valence-corrected chi connectivity index (χ0v) is 13.2. The Labute approximate surface area is 135 Å². The second-order valence-corrected chi connectivity index (χ2v) is 5.13. The van der Waals surface area contributed by atoms with Crippen LogP contribution in [0.1, 0.15) is 11.1 Å². The average Bonchev–Trinajstić information content (AvgIpc) is 2.54. The lowest BCUT2D eigenvalue weighted by atomic mass is 10.1. The van der Waals surface area contributed by atoms with E-state index in [1.54, 1.807) is 24.3 Å². The number of aryl methyl sites for hydroxylation is 2. The summed E-state index contributed by atoms with van der Waals surface area (Å²) < 4.78 is 10.1. The molecule has 23 heavy (non-hydrogen) atoms. The predicted octanol–water partition coefficient (Wildman–Crippen LogP) is 2.86. The number of carbonyl (C=O) groups is 2. The van der Waals surface area contributed by atoms with Crippen molar-refractivity contribution in [2.24, 2.45) is 0 Å².